The Balaban J connectivity index is 0.000000171. The molecule has 0 fully saturated rings. The number of nitrogen functional groups attached to an aromatic ring is 1. The van der Waals surface area contributed by atoms with Crippen molar-refractivity contribution in [2.45, 2.75) is 52.4 Å². The molecular formula is C80H73BrN4. The van der Waals surface area contributed by atoms with E-state index in [1.54, 1.807) is 0 Å². The van der Waals surface area contributed by atoms with E-state index < -0.39 is 0 Å². The smallest absolute Gasteiger partial charge is 0.0546 e. The van der Waals surface area contributed by atoms with Crippen molar-refractivity contribution < 1.29 is 0 Å². The standard InChI is InChI=1S/C40H36N2.C34H30BrN.C6H7N/c1-40(2,3)33-23-25-36(26-24-33)42(37-21-13-20-35(29-37)41-34-18-11-6-12-19-34)39-28-32(30-14-7-4-8-15-30)22-27-38(39)31-16-9-5-10-17-31;1-34(2,3)28-18-20-30(21-19-28)36(31-16-10-15-29(35)24-31)33-23-27(25-11-6-4-7-12-25)17-22-32(33)26-13-8-5-9-14-26;7-6-4-2-1-3-5-6/h4-29,41H,1-3H3;4-24H,1-3H3;1-5H,7H2. The Morgan fingerprint density at radius 3 is 1.02 bits per heavy atom. The summed E-state index contributed by atoms with van der Waals surface area (Å²) >= 11 is 3.70. The minimum atomic E-state index is 0.0747. The van der Waals surface area contributed by atoms with Crippen LogP contribution in [0, 0.1) is 0 Å². The van der Waals surface area contributed by atoms with Crippen LogP contribution >= 0.6 is 15.9 Å². The first kappa shape index (κ1) is 58.5. The molecule has 0 aromatic heterocycles. The highest BCUT2D eigenvalue weighted by Gasteiger charge is 2.23. The van der Waals surface area contributed by atoms with E-state index in [2.05, 4.69) is 352 Å². The van der Waals surface area contributed by atoms with Gasteiger partial charge in [-0.3, -0.25) is 0 Å². The Morgan fingerprint density at radius 2 is 0.647 bits per heavy atom. The van der Waals surface area contributed by atoms with Gasteiger partial charge in [-0.2, -0.15) is 0 Å². The fraction of sp³-hybridized carbons (Fsp3) is 0.100. The number of anilines is 9. The molecular weight excluding hydrogens is 1100 g/mol. The highest BCUT2D eigenvalue weighted by Crippen LogP contribution is 2.46. The lowest BCUT2D eigenvalue weighted by molar-refractivity contribution is 0.590. The van der Waals surface area contributed by atoms with Gasteiger partial charge in [0.25, 0.3) is 0 Å². The summed E-state index contributed by atoms with van der Waals surface area (Å²) in [5.41, 5.74) is 27.3. The second-order valence-electron chi connectivity index (χ2n) is 23.1. The van der Waals surface area contributed by atoms with E-state index in [1.165, 1.54) is 55.6 Å². The Bertz CT molecular complexity index is 4030. The lowest BCUT2D eigenvalue weighted by Crippen LogP contribution is -2.14. The molecule has 4 nitrogen and oxygen atoms in total. The highest BCUT2D eigenvalue weighted by atomic mass is 79.9. The van der Waals surface area contributed by atoms with E-state index in [1.807, 2.05) is 36.4 Å². The topological polar surface area (TPSA) is 44.5 Å². The molecule has 3 N–H and O–H groups in total. The van der Waals surface area contributed by atoms with Crippen molar-refractivity contribution in [1.82, 2.24) is 0 Å². The van der Waals surface area contributed by atoms with Gasteiger partial charge in [-0.15, -0.1) is 0 Å². The molecule has 0 bridgehead atoms. The molecule has 0 radical (unpaired) electrons. The number of hydrogen-bond acceptors (Lipinski definition) is 4. The summed E-state index contributed by atoms with van der Waals surface area (Å²) in [6.07, 6.45) is 0. The zero-order valence-corrected chi connectivity index (χ0v) is 51.0. The van der Waals surface area contributed by atoms with Gasteiger partial charge >= 0.3 is 0 Å². The predicted octanol–water partition coefficient (Wildman–Crippen LogP) is 23.4. The molecule has 12 aromatic rings. The molecule has 0 atom stereocenters. The van der Waals surface area contributed by atoms with Gasteiger partial charge < -0.3 is 20.9 Å². The van der Waals surface area contributed by atoms with Crippen LogP contribution in [0.4, 0.5) is 51.2 Å². The third-order valence-electron chi connectivity index (χ3n) is 14.9. The minimum absolute atomic E-state index is 0.0747. The third-order valence-corrected chi connectivity index (χ3v) is 15.4. The van der Waals surface area contributed by atoms with Crippen molar-refractivity contribution in [3.63, 3.8) is 0 Å². The van der Waals surface area contributed by atoms with Crippen LogP contribution in [0.15, 0.2) is 320 Å². The van der Waals surface area contributed by atoms with Gasteiger partial charge in [-0.1, -0.05) is 276 Å². The molecule has 0 aliphatic rings. The summed E-state index contributed by atoms with van der Waals surface area (Å²) in [6.45, 7) is 13.5. The quantitative estimate of drug-likeness (QED) is 0.120. The second kappa shape index (κ2) is 27.1. The molecule has 0 heterocycles. The van der Waals surface area contributed by atoms with Crippen LogP contribution in [0.1, 0.15) is 52.7 Å². The van der Waals surface area contributed by atoms with Gasteiger partial charge in [0.2, 0.25) is 0 Å². The first-order valence-electron chi connectivity index (χ1n) is 29.0. The molecule has 0 spiro atoms. The van der Waals surface area contributed by atoms with Gasteiger partial charge in [0.05, 0.1) is 11.4 Å². The largest absolute Gasteiger partial charge is 0.399 e. The van der Waals surface area contributed by atoms with Crippen molar-refractivity contribution in [3.05, 3.63) is 331 Å². The van der Waals surface area contributed by atoms with Crippen LogP contribution in [0.2, 0.25) is 0 Å². The number of para-hydroxylation sites is 2. The van der Waals surface area contributed by atoms with Crippen molar-refractivity contribution in [2.75, 3.05) is 20.9 Å². The zero-order valence-electron chi connectivity index (χ0n) is 49.4. The molecule has 0 saturated heterocycles. The van der Waals surface area contributed by atoms with Crippen LogP contribution in [-0.2, 0) is 10.8 Å². The monoisotopic (exact) mass is 1170 g/mol. The first-order valence-corrected chi connectivity index (χ1v) is 29.8. The molecule has 0 aliphatic carbocycles. The minimum Gasteiger partial charge on any atom is -0.399 e. The summed E-state index contributed by atoms with van der Waals surface area (Å²) in [4.78, 5) is 4.75. The van der Waals surface area contributed by atoms with Crippen LogP contribution in [0.3, 0.4) is 0 Å². The Labute approximate surface area is 512 Å². The van der Waals surface area contributed by atoms with Gasteiger partial charge in [-0.05, 0) is 152 Å². The van der Waals surface area contributed by atoms with E-state index in [-0.39, 0.29) is 10.8 Å². The maximum absolute atomic E-state index is 5.36. The molecule has 0 saturated carbocycles. The van der Waals surface area contributed by atoms with Crippen LogP contribution < -0.4 is 20.9 Å². The van der Waals surface area contributed by atoms with Crippen LogP contribution in [-0.4, -0.2) is 0 Å². The van der Waals surface area contributed by atoms with Crippen molar-refractivity contribution in [1.29, 1.82) is 0 Å². The van der Waals surface area contributed by atoms with E-state index >= 15 is 0 Å². The Hall–Kier alpha value is -9.68. The van der Waals surface area contributed by atoms with E-state index in [0.717, 1.165) is 55.7 Å². The lowest BCUT2D eigenvalue weighted by atomic mass is 9.87. The second-order valence-corrected chi connectivity index (χ2v) is 24.0. The normalized spacial score (nSPS) is 11.0. The average Bonchev–Trinajstić information content (AvgIpc) is 2.12. The summed E-state index contributed by atoms with van der Waals surface area (Å²) in [7, 11) is 0. The fourth-order valence-electron chi connectivity index (χ4n) is 10.3. The zero-order chi connectivity index (χ0) is 59.2. The summed E-state index contributed by atoms with van der Waals surface area (Å²) < 4.78 is 1.05. The lowest BCUT2D eigenvalue weighted by Gasteiger charge is -2.30. The van der Waals surface area contributed by atoms with E-state index in [4.69, 9.17) is 5.73 Å². The number of benzene rings is 12. The Kier molecular flexibility index (Phi) is 18.7. The summed E-state index contributed by atoms with van der Waals surface area (Å²) in [5.74, 6) is 0. The Morgan fingerprint density at radius 1 is 0.294 bits per heavy atom. The molecule has 0 amide bonds. The molecule has 85 heavy (non-hydrogen) atoms. The van der Waals surface area contributed by atoms with Gasteiger partial charge in [0, 0.05) is 55.4 Å². The number of nitrogens with one attached hydrogen (secondary N) is 1. The molecule has 0 unspecified atom stereocenters. The SMILES string of the molecule is CC(C)(C)c1ccc(N(c2cccc(Br)c2)c2cc(-c3ccccc3)ccc2-c2ccccc2)cc1.CC(C)(C)c1ccc(N(c2cccc(Nc3ccccc3)c2)c2cc(-c3ccccc3)ccc2-c2ccccc2)cc1.Nc1ccccc1. The number of halogens is 1. The summed E-state index contributed by atoms with van der Waals surface area (Å²) in [5, 5.41) is 3.59. The number of nitrogens with zero attached hydrogens (tertiary/aromatic N) is 2. The summed E-state index contributed by atoms with van der Waals surface area (Å²) in [6, 6.07) is 111. The van der Waals surface area contributed by atoms with Gasteiger partial charge in [0.15, 0.2) is 0 Å². The van der Waals surface area contributed by atoms with Crippen molar-refractivity contribution in [2.24, 2.45) is 0 Å². The van der Waals surface area contributed by atoms with Gasteiger partial charge in [-0.25, -0.2) is 0 Å². The van der Waals surface area contributed by atoms with Crippen molar-refractivity contribution >= 4 is 67.1 Å². The maximum Gasteiger partial charge on any atom is 0.0546 e. The predicted molar refractivity (Wildman–Crippen MR) is 370 cm³/mol. The first-order chi connectivity index (χ1) is 41.2. The fourth-order valence-corrected chi connectivity index (χ4v) is 10.7. The molecule has 5 heteroatoms. The van der Waals surface area contributed by atoms with E-state index in [0.29, 0.717) is 0 Å². The molecule has 12 aromatic carbocycles. The average molecular weight is 1170 g/mol. The highest BCUT2D eigenvalue weighted by molar-refractivity contribution is 9.10. The molecule has 0 aliphatic heterocycles. The number of nitrogens with two attached hydrogens (primary N) is 1. The number of rotatable bonds is 12. The molecule has 420 valence electrons. The van der Waals surface area contributed by atoms with Crippen molar-refractivity contribution in [3.8, 4) is 44.5 Å². The van der Waals surface area contributed by atoms with Crippen LogP contribution in [0.5, 0.6) is 0 Å². The van der Waals surface area contributed by atoms with Crippen LogP contribution in [0.25, 0.3) is 44.5 Å². The maximum atomic E-state index is 5.36. The number of hydrogen-bond donors (Lipinski definition) is 2. The van der Waals surface area contributed by atoms with E-state index in [9.17, 15) is 0 Å². The van der Waals surface area contributed by atoms with Gasteiger partial charge in [0.1, 0.15) is 0 Å². The third kappa shape index (κ3) is 15.1. The molecule has 12 rings (SSSR count).